The van der Waals surface area contributed by atoms with Crippen LogP contribution in [0, 0.1) is 0 Å². The Morgan fingerprint density at radius 1 is 1.11 bits per heavy atom. The van der Waals surface area contributed by atoms with Crippen molar-refractivity contribution < 1.29 is 73.6 Å². The summed E-state index contributed by atoms with van der Waals surface area (Å²) < 4.78 is 27.5. The molecule has 0 aliphatic heterocycles. The summed E-state index contributed by atoms with van der Waals surface area (Å²) in [7, 11) is -1.60. The van der Waals surface area contributed by atoms with E-state index in [0.29, 0.717) is 0 Å². The summed E-state index contributed by atoms with van der Waals surface area (Å²) in [6.45, 7) is 0. The Morgan fingerprint density at radius 3 is 1.33 bits per heavy atom. The van der Waals surface area contributed by atoms with E-state index in [-0.39, 0.29) is 56.9 Å². The minimum atomic E-state index is -3.66. The first kappa shape index (κ1) is 16.8. The average molecular weight is 182 g/mol. The van der Waals surface area contributed by atoms with Crippen LogP contribution in [0.4, 0.5) is 0 Å². The molecule has 52 valence electrons. The van der Waals surface area contributed by atoms with Gasteiger partial charge in [0.25, 0.3) is 0 Å². The average Bonchev–Trinajstić information content (AvgIpc) is 1.68. The maximum atomic E-state index is 9.92. The van der Waals surface area contributed by atoms with Crippen molar-refractivity contribution in [2.75, 3.05) is 14.2 Å². The zero-order valence-corrected chi connectivity index (χ0v) is 9.43. The first-order valence-electron chi connectivity index (χ1n) is 1.48. The van der Waals surface area contributed by atoms with E-state index in [1.807, 2.05) is 0 Å². The summed E-state index contributed by atoms with van der Waals surface area (Å²) in [5.41, 5.74) is 0. The van der Waals surface area contributed by atoms with Gasteiger partial charge in [-0.25, -0.2) is 0 Å². The second-order valence-electron chi connectivity index (χ2n) is 0.742. The zero-order valence-electron chi connectivity index (χ0n) is 5.49. The molecule has 0 heterocycles. The van der Waals surface area contributed by atoms with E-state index in [4.69, 9.17) is 0 Å². The predicted molar refractivity (Wildman–Crippen MR) is 24.9 cm³/mol. The van der Waals surface area contributed by atoms with Crippen molar-refractivity contribution in [2.24, 2.45) is 0 Å². The fourth-order valence-electron chi connectivity index (χ4n) is 0.0680. The fourth-order valence-corrected chi connectivity index (χ4v) is 0.204. The van der Waals surface area contributed by atoms with Gasteiger partial charge in [-0.05, 0) is 0 Å². The van der Waals surface area contributed by atoms with E-state index in [1.54, 1.807) is 0 Å². The SMILES string of the molecule is COS(=O)(=O)OC.[K+].[OH-]. The maximum Gasteiger partial charge on any atom is 1.00 e. The van der Waals surface area contributed by atoms with Gasteiger partial charge in [0.15, 0.2) is 0 Å². The summed E-state index contributed by atoms with van der Waals surface area (Å²) in [6.07, 6.45) is 0. The summed E-state index contributed by atoms with van der Waals surface area (Å²) in [4.78, 5) is 0. The summed E-state index contributed by atoms with van der Waals surface area (Å²) >= 11 is 0. The normalized spacial score (nSPS) is 9.11. The largest absolute Gasteiger partial charge is 1.00 e. The standard InChI is InChI=1S/C2H6O4S.K.H2O/c1-5-7(3,4)6-2;;/h1-2H3;;1H2/q;+1;/p-1. The molecule has 0 aliphatic carbocycles. The first-order chi connectivity index (χ1) is 3.12. The molecule has 0 saturated carbocycles. The van der Waals surface area contributed by atoms with E-state index >= 15 is 0 Å². The monoisotopic (exact) mass is 182 g/mol. The molecule has 0 radical (unpaired) electrons. The second kappa shape index (κ2) is 7.57. The quantitative estimate of drug-likeness (QED) is 0.411. The van der Waals surface area contributed by atoms with Crippen molar-refractivity contribution >= 4 is 10.4 Å². The van der Waals surface area contributed by atoms with E-state index in [2.05, 4.69) is 8.37 Å². The Hall–Kier alpha value is 1.47. The Labute approximate surface area is 96.8 Å². The predicted octanol–water partition coefficient (Wildman–Crippen LogP) is -3.65. The summed E-state index contributed by atoms with van der Waals surface area (Å²) in [5.74, 6) is 0. The van der Waals surface area contributed by atoms with Crippen LogP contribution in [0.25, 0.3) is 0 Å². The molecule has 0 aromatic carbocycles. The van der Waals surface area contributed by atoms with Gasteiger partial charge >= 0.3 is 61.8 Å². The van der Waals surface area contributed by atoms with Gasteiger partial charge in [-0.1, -0.05) is 0 Å². The van der Waals surface area contributed by atoms with Gasteiger partial charge in [0.2, 0.25) is 0 Å². The minimum absolute atomic E-state index is 0. The third-order valence-corrected chi connectivity index (χ3v) is 1.22. The second-order valence-corrected chi connectivity index (χ2v) is 2.22. The Balaban J connectivity index is -0.000000180. The third-order valence-electron chi connectivity index (χ3n) is 0.408. The van der Waals surface area contributed by atoms with Gasteiger partial charge in [-0.3, -0.25) is 8.37 Å². The molecule has 1 N–H and O–H groups in total. The Kier molecular flexibility index (Phi) is 14.2. The summed E-state index contributed by atoms with van der Waals surface area (Å²) in [6, 6.07) is 0. The molecule has 0 spiro atoms. The number of rotatable bonds is 2. The van der Waals surface area contributed by atoms with Crippen LogP contribution in [0.2, 0.25) is 0 Å². The molecule has 0 aromatic rings. The molecular weight excluding hydrogens is 175 g/mol. The molecule has 7 heteroatoms. The van der Waals surface area contributed by atoms with Gasteiger partial charge in [-0.15, -0.1) is 0 Å². The molecule has 0 saturated heterocycles. The van der Waals surface area contributed by atoms with Crippen molar-refractivity contribution in [1.29, 1.82) is 0 Å². The Bertz CT molecular complexity index is 118. The first-order valence-corrected chi connectivity index (χ1v) is 2.82. The molecule has 0 aliphatic rings. The van der Waals surface area contributed by atoms with E-state index in [0.717, 1.165) is 14.2 Å². The van der Waals surface area contributed by atoms with E-state index < -0.39 is 10.4 Å². The van der Waals surface area contributed by atoms with Crippen molar-refractivity contribution in [3.63, 3.8) is 0 Å². The van der Waals surface area contributed by atoms with E-state index in [9.17, 15) is 8.42 Å². The van der Waals surface area contributed by atoms with Crippen LogP contribution in [0.5, 0.6) is 0 Å². The number of hydrogen-bond acceptors (Lipinski definition) is 5. The van der Waals surface area contributed by atoms with Gasteiger partial charge < -0.3 is 5.48 Å². The van der Waals surface area contributed by atoms with Crippen LogP contribution in [0.15, 0.2) is 0 Å². The molecule has 0 atom stereocenters. The van der Waals surface area contributed by atoms with E-state index in [1.165, 1.54) is 0 Å². The van der Waals surface area contributed by atoms with Crippen LogP contribution in [-0.2, 0) is 18.8 Å². The fraction of sp³-hybridized carbons (Fsp3) is 1.00. The minimum Gasteiger partial charge on any atom is -0.870 e. The smallest absolute Gasteiger partial charge is 0.870 e. The molecule has 0 fully saturated rings. The Morgan fingerprint density at radius 2 is 1.33 bits per heavy atom. The molecule has 9 heavy (non-hydrogen) atoms. The maximum absolute atomic E-state index is 9.92. The molecule has 0 rings (SSSR count). The van der Waals surface area contributed by atoms with Crippen molar-refractivity contribution in [2.45, 2.75) is 0 Å². The zero-order chi connectivity index (χ0) is 5.91. The molecule has 5 nitrogen and oxygen atoms in total. The number of hydrogen-bond donors (Lipinski definition) is 0. The molecular formula is C2H7KO5S. The van der Waals surface area contributed by atoms with Crippen LogP contribution in [0.3, 0.4) is 0 Å². The third kappa shape index (κ3) is 9.47. The van der Waals surface area contributed by atoms with Crippen molar-refractivity contribution in [3.05, 3.63) is 0 Å². The molecule has 0 amide bonds. The van der Waals surface area contributed by atoms with Crippen LogP contribution in [-0.4, -0.2) is 28.1 Å². The van der Waals surface area contributed by atoms with Gasteiger partial charge in [-0.2, -0.15) is 8.42 Å². The molecule has 0 unspecified atom stereocenters. The van der Waals surface area contributed by atoms with Gasteiger partial charge in [0.05, 0.1) is 14.2 Å². The molecule has 0 aromatic heterocycles. The van der Waals surface area contributed by atoms with Crippen LogP contribution < -0.4 is 51.4 Å². The van der Waals surface area contributed by atoms with Crippen molar-refractivity contribution in [1.82, 2.24) is 0 Å². The van der Waals surface area contributed by atoms with Crippen LogP contribution in [0.1, 0.15) is 0 Å². The van der Waals surface area contributed by atoms with Crippen molar-refractivity contribution in [3.8, 4) is 0 Å². The van der Waals surface area contributed by atoms with Gasteiger partial charge in [0, 0.05) is 0 Å². The molecule has 0 bridgehead atoms. The summed E-state index contributed by atoms with van der Waals surface area (Å²) in [5, 5.41) is 0. The topological polar surface area (TPSA) is 82.6 Å². The van der Waals surface area contributed by atoms with Crippen LogP contribution >= 0.6 is 0 Å². The van der Waals surface area contributed by atoms with Gasteiger partial charge in [0.1, 0.15) is 0 Å².